The van der Waals surface area contributed by atoms with Crippen molar-refractivity contribution in [1.29, 1.82) is 0 Å². The first-order valence-electron chi connectivity index (χ1n) is 8.49. The lowest BCUT2D eigenvalue weighted by molar-refractivity contribution is -0.912. The molecular formula is C20H26ClN2+. The first-order valence-corrected chi connectivity index (χ1v) is 8.87. The molecule has 2 aromatic carbocycles. The number of hydrogen-bond donors (Lipinski definition) is 0. The van der Waals surface area contributed by atoms with Gasteiger partial charge in [0.25, 0.3) is 0 Å². The van der Waals surface area contributed by atoms with Gasteiger partial charge < -0.3 is 4.48 Å². The second-order valence-electron chi connectivity index (χ2n) is 6.79. The highest BCUT2D eigenvalue weighted by Gasteiger charge is 2.32. The number of quaternary nitrogens is 1. The minimum Gasteiger partial charge on any atom is -0.324 e. The van der Waals surface area contributed by atoms with E-state index >= 15 is 0 Å². The quantitative estimate of drug-likeness (QED) is 0.759. The Morgan fingerprint density at radius 1 is 1.00 bits per heavy atom. The summed E-state index contributed by atoms with van der Waals surface area (Å²) >= 11 is 6.26. The van der Waals surface area contributed by atoms with Crippen molar-refractivity contribution >= 4 is 11.6 Å². The molecule has 2 aromatic rings. The number of piperazine rings is 1. The summed E-state index contributed by atoms with van der Waals surface area (Å²) in [7, 11) is 2.37. The fraction of sp³-hybridized carbons (Fsp3) is 0.400. The van der Waals surface area contributed by atoms with Gasteiger partial charge in [0.1, 0.15) is 0 Å². The zero-order valence-electron chi connectivity index (χ0n) is 14.1. The predicted molar refractivity (Wildman–Crippen MR) is 97.8 cm³/mol. The molecule has 0 aliphatic carbocycles. The van der Waals surface area contributed by atoms with Crippen molar-refractivity contribution in [3.63, 3.8) is 0 Å². The van der Waals surface area contributed by atoms with Gasteiger partial charge in [0.05, 0.1) is 32.7 Å². The Kier molecular flexibility index (Phi) is 5.05. The molecule has 23 heavy (non-hydrogen) atoms. The third-order valence-electron chi connectivity index (χ3n) is 5.26. The lowest BCUT2D eigenvalue weighted by atomic mass is 9.96. The Morgan fingerprint density at radius 2 is 1.65 bits per heavy atom. The van der Waals surface area contributed by atoms with Gasteiger partial charge in [-0.15, -0.1) is 0 Å². The van der Waals surface area contributed by atoms with E-state index in [0.29, 0.717) is 6.04 Å². The normalized spacial score (nSPS) is 19.4. The van der Waals surface area contributed by atoms with Gasteiger partial charge in [-0.1, -0.05) is 54.1 Å². The smallest absolute Gasteiger partial charge is 0.0914 e. The Labute approximate surface area is 144 Å². The van der Waals surface area contributed by atoms with Crippen LogP contribution in [0.1, 0.15) is 24.1 Å². The van der Waals surface area contributed by atoms with Crippen LogP contribution in [0.2, 0.25) is 5.02 Å². The zero-order valence-corrected chi connectivity index (χ0v) is 14.8. The van der Waals surface area contributed by atoms with Crippen LogP contribution in [0, 0.1) is 0 Å². The summed E-state index contributed by atoms with van der Waals surface area (Å²) in [6, 6.07) is 19.4. The van der Waals surface area contributed by atoms with Crippen LogP contribution < -0.4 is 0 Å². The SMILES string of the molecule is CC[N+]1(C)CCN(C(c2ccccc2)c2cccc(Cl)c2)CC1. The maximum absolute atomic E-state index is 6.26. The Hall–Kier alpha value is -1.35. The molecule has 1 unspecified atom stereocenters. The molecule has 3 heteroatoms. The van der Waals surface area contributed by atoms with Crippen LogP contribution in [0.4, 0.5) is 0 Å². The van der Waals surface area contributed by atoms with Crippen LogP contribution >= 0.6 is 11.6 Å². The van der Waals surface area contributed by atoms with Crippen molar-refractivity contribution in [2.45, 2.75) is 13.0 Å². The number of rotatable bonds is 4. The third kappa shape index (κ3) is 3.77. The maximum Gasteiger partial charge on any atom is 0.0914 e. The van der Waals surface area contributed by atoms with Crippen molar-refractivity contribution in [2.24, 2.45) is 0 Å². The van der Waals surface area contributed by atoms with E-state index in [1.165, 1.54) is 35.2 Å². The van der Waals surface area contributed by atoms with Gasteiger partial charge in [0.15, 0.2) is 0 Å². The second kappa shape index (κ2) is 7.04. The topological polar surface area (TPSA) is 3.24 Å². The Bertz CT molecular complexity index is 633. The molecule has 0 saturated carbocycles. The number of benzene rings is 2. The number of halogens is 1. The van der Waals surface area contributed by atoms with Crippen molar-refractivity contribution in [3.05, 3.63) is 70.7 Å². The molecule has 0 radical (unpaired) electrons. The lowest BCUT2D eigenvalue weighted by Gasteiger charge is -2.44. The molecule has 1 heterocycles. The fourth-order valence-corrected chi connectivity index (χ4v) is 3.66. The monoisotopic (exact) mass is 329 g/mol. The molecule has 122 valence electrons. The van der Waals surface area contributed by atoms with Crippen LogP contribution in [-0.4, -0.2) is 49.2 Å². The van der Waals surface area contributed by atoms with Crippen LogP contribution in [0.5, 0.6) is 0 Å². The summed E-state index contributed by atoms with van der Waals surface area (Å²) in [5, 5.41) is 0.814. The first-order chi connectivity index (χ1) is 11.1. The van der Waals surface area contributed by atoms with Gasteiger partial charge in [0.2, 0.25) is 0 Å². The number of nitrogens with zero attached hydrogens (tertiary/aromatic N) is 2. The van der Waals surface area contributed by atoms with Gasteiger partial charge >= 0.3 is 0 Å². The molecule has 0 amide bonds. The van der Waals surface area contributed by atoms with Crippen molar-refractivity contribution in [2.75, 3.05) is 39.8 Å². The van der Waals surface area contributed by atoms with Crippen LogP contribution in [0.15, 0.2) is 54.6 Å². The summed E-state index contributed by atoms with van der Waals surface area (Å²) < 4.78 is 1.17. The third-order valence-corrected chi connectivity index (χ3v) is 5.50. The largest absolute Gasteiger partial charge is 0.324 e. The predicted octanol–water partition coefficient (Wildman–Crippen LogP) is 4.21. The minimum atomic E-state index is 0.292. The molecule has 3 rings (SSSR count). The van der Waals surface area contributed by atoms with E-state index in [0.717, 1.165) is 18.1 Å². The molecule has 0 N–H and O–H groups in total. The van der Waals surface area contributed by atoms with Crippen LogP contribution in [0.25, 0.3) is 0 Å². The highest BCUT2D eigenvalue weighted by atomic mass is 35.5. The number of likely N-dealkylation sites (N-methyl/N-ethyl adjacent to an activating group) is 1. The fourth-order valence-electron chi connectivity index (χ4n) is 3.46. The zero-order chi connectivity index (χ0) is 16.3. The van der Waals surface area contributed by atoms with Gasteiger partial charge in [-0.3, -0.25) is 4.90 Å². The first kappa shape index (κ1) is 16.5. The van der Waals surface area contributed by atoms with Crippen LogP contribution in [0.3, 0.4) is 0 Å². The number of hydrogen-bond acceptors (Lipinski definition) is 1. The molecule has 1 aliphatic rings. The van der Waals surface area contributed by atoms with Crippen LogP contribution in [-0.2, 0) is 0 Å². The van der Waals surface area contributed by atoms with E-state index < -0.39 is 0 Å². The standard InChI is InChI=1S/C20H26ClN2/c1-3-23(2)14-12-22(13-15-23)20(17-8-5-4-6-9-17)18-10-7-11-19(21)16-18/h4-11,16,20H,3,12-15H2,1-2H3/q+1. The summed E-state index contributed by atoms with van der Waals surface area (Å²) in [4.78, 5) is 2.61. The molecule has 0 bridgehead atoms. The second-order valence-corrected chi connectivity index (χ2v) is 7.22. The van der Waals surface area contributed by atoms with E-state index in [4.69, 9.17) is 11.6 Å². The molecular weight excluding hydrogens is 304 g/mol. The summed E-state index contributed by atoms with van der Waals surface area (Å²) in [5.74, 6) is 0. The van der Waals surface area contributed by atoms with Crippen molar-refractivity contribution < 1.29 is 4.48 Å². The van der Waals surface area contributed by atoms with E-state index in [9.17, 15) is 0 Å². The van der Waals surface area contributed by atoms with E-state index in [1.54, 1.807) is 0 Å². The Balaban J connectivity index is 1.91. The van der Waals surface area contributed by atoms with E-state index in [2.05, 4.69) is 67.4 Å². The molecule has 2 nitrogen and oxygen atoms in total. The van der Waals surface area contributed by atoms with Gasteiger partial charge in [-0.25, -0.2) is 0 Å². The molecule has 0 aromatic heterocycles. The summed E-state index contributed by atoms with van der Waals surface area (Å²) in [6.45, 7) is 8.16. The molecule has 1 saturated heterocycles. The van der Waals surface area contributed by atoms with Gasteiger partial charge in [0, 0.05) is 18.1 Å². The van der Waals surface area contributed by atoms with Crippen molar-refractivity contribution in [3.8, 4) is 0 Å². The van der Waals surface area contributed by atoms with Gasteiger partial charge in [-0.2, -0.15) is 0 Å². The highest BCUT2D eigenvalue weighted by Crippen LogP contribution is 2.31. The minimum absolute atomic E-state index is 0.292. The Morgan fingerprint density at radius 3 is 2.26 bits per heavy atom. The highest BCUT2D eigenvalue weighted by molar-refractivity contribution is 6.30. The van der Waals surface area contributed by atoms with Gasteiger partial charge in [-0.05, 0) is 30.2 Å². The van der Waals surface area contributed by atoms with Crippen molar-refractivity contribution in [1.82, 2.24) is 4.90 Å². The maximum atomic E-state index is 6.26. The average Bonchev–Trinajstić information content (AvgIpc) is 2.58. The molecule has 1 fully saturated rings. The lowest BCUT2D eigenvalue weighted by Crippen LogP contribution is -2.57. The summed E-state index contributed by atoms with van der Waals surface area (Å²) in [5.41, 5.74) is 2.64. The molecule has 1 aliphatic heterocycles. The van der Waals surface area contributed by atoms with E-state index in [1.807, 2.05) is 6.07 Å². The summed E-state index contributed by atoms with van der Waals surface area (Å²) in [6.07, 6.45) is 0. The van der Waals surface area contributed by atoms with E-state index in [-0.39, 0.29) is 0 Å². The molecule has 1 atom stereocenters. The average molecular weight is 330 g/mol. The molecule has 0 spiro atoms.